The van der Waals surface area contributed by atoms with Crippen LogP contribution in [-0.2, 0) is 4.79 Å². The van der Waals surface area contributed by atoms with Gasteiger partial charge in [-0.1, -0.05) is 11.8 Å². The summed E-state index contributed by atoms with van der Waals surface area (Å²) in [6, 6.07) is 3.09. The maximum atomic E-state index is 13.3. The summed E-state index contributed by atoms with van der Waals surface area (Å²) in [5.74, 6) is -0.561. The number of nitrogens with zero attached hydrogens (tertiary/aromatic N) is 2. The molecule has 9 heteroatoms. The van der Waals surface area contributed by atoms with E-state index in [1.54, 1.807) is 0 Å². The number of amidine groups is 1. The van der Waals surface area contributed by atoms with Crippen LogP contribution in [0.4, 0.5) is 10.1 Å². The molecule has 1 aromatic carbocycles. The van der Waals surface area contributed by atoms with Crippen molar-refractivity contribution in [2.24, 2.45) is 4.99 Å². The zero-order valence-corrected chi connectivity index (χ0v) is 11.0. The van der Waals surface area contributed by atoms with Gasteiger partial charge in [-0.2, -0.15) is 4.39 Å². The largest absolute Gasteiger partial charge is 0.484 e. The van der Waals surface area contributed by atoms with Crippen molar-refractivity contribution < 1.29 is 18.8 Å². The van der Waals surface area contributed by atoms with Gasteiger partial charge in [-0.25, -0.2) is 0 Å². The van der Waals surface area contributed by atoms with Gasteiger partial charge in [0.15, 0.2) is 11.8 Å². The summed E-state index contributed by atoms with van der Waals surface area (Å²) in [4.78, 5) is 25.1. The van der Waals surface area contributed by atoms with Gasteiger partial charge in [-0.3, -0.25) is 19.9 Å². The van der Waals surface area contributed by atoms with E-state index in [1.165, 1.54) is 17.8 Å². The molecule has 0 bridgehead atoms. The van der Waals surface area contributed by atoms with E-state index >= 15 is 0 Å². The van der Waals surface area contributed by atoms with Crippen molar-refractivity contribution in [3.8, 4) is 5.75 Å². The molecule has 0 spiro atoms. The molecule has 1 heterocycles. The lowest BCUT2D eigenvalue weighted by Crippen LogP contribution is -2.32. The number of benzene rings is 1. The Morgan fingerprint density at radius 2 is 2.40 bits per heavy atom. The fraction of sp³-hybridized carbons (Fsp3) is 0.273. The van der Waals surface area contributed by atoms with Gasteiger partial charge in [-0.15, -0.1) is 0 Å². The van der Waals surface area contributed by atoms with Crippen LogP contribution in [0.15, 0.2) is 23.2 Å². The Bertz CT molecular complexity index is 579. The first-order valence-electron chi connectivity index (χ1n) is 5.60. The first kappa shape index (κ1) is 14.3. The number of ether oxygens (including phenoxy) is 1. The average Bonchev–Trinajstić information content (AvgIpc) is 2.89. The van der Waals surface area contributed by atoms with Gasteiger partial charge in [0.1, 0.15) is 5.75 Å². The van der Waals surface area contributed by atoms with Crippen LogP contribution in [0.3, 0.4) is 0 Å². The lowest BCUT2D eigenvalue weighted by Gasteiger charge is -2.06. The number of nitrogens with one attached hydrogen (secondary N) is 1. The first-order valence-corrected chi connectivity index (χ1v) is 6.58. The molecular weight excluding hydrogens is 289 g/mol. The molecule has 20 heavy (non-hydrogen) atoms. The molecule has 0 saturated carbocycles. The number of hydrogen-bond donors (Lipinski definition) is 1. The minimum Gasteiger partial charge on any atom is -0.484 e. The normalized spacial score (nSPS) is 13.8. The van der Waals surface area contributed by atoms with E-state index in [4.69, 9.17) is 4.74 Å². The lowest BCUT2D eigenvalue weighted by atomic mass is 10.3. The number of carbonyl (C=O) groups excluding carboxylic acids is 1. The van der Waals surface area contributed by atoms with Gasteiger partial charge in [-0.05, 0) is 6.07 Å². The van der Waals surface area contributed by atoms with Crippen molar-refractivity contribution in [2.75, 3.05) is 18.9 Å². The number of nitro groups is 1. The second-order valence-electron chi connectivity index (χ2n) is 3.74. The molecule has 0 unspecified atom stereocenters. The number of amides is 1. The van der Waals surface area contributed by atoms with E-state index in [-0.39, 0.29) is 12.4 Å². The molecule has 106 valence electrons. The Hall–Kier alpha value is -2.16. The third-order valence-corrected chi connectivity index (χ3v) is 3.21. The maximum Gasteiger partial charge on any atom is 0.305 e. The Balaban J connectivity index is 1.89. The van der Waals surface area contributed by atoms with Gasteiger partial charge < -0.3 is 10.1 Å². The summed E-state index contributed by atoms with van der Waals surface area (Å²) in [7, 11) is 0. The molecule has 1 aliphatic rings. The number of rotatable bonds is 4. The van der Waals surface area contributed by atoms with Crippen molar-refractivity contribution in [1.82, 2.24) is 5.32 Å². The van der Waals surface area contributed by atoms with Crippen LogP contribution in [-0.4, -0.2) is 34.9 Å². The van der Waals surface area contributed by atoms with Gasteiger partial charge in [0.05, 0.1) is 11.5 Å². The molecule has 1 amide bonds. The van der Waals surface area contributed by atoms with Crippen molar-refractivity contribution in [1.29, 1.82) is 0 Å². The monoisotopic (exact) mass is 299 g/mol. The molecule has 1 aliphatic heterocycles. The zero-order chi connectivity index (χ0) is 14.5. The maximum absolute atomic E-state index is 13.3. The van der Waals surface area contributed by atoms with Crippen LogP contribution in [0.2, 0.25) is 0 Å². The van der Waals surface area contributed by atoms with E-state index in [9.17, 15) is 19.3 Å². The first-order chi connectivity index (χ1) is 9.56. The fourth-order valence-electron chi connectivity index (χ4n) is 1.44. The smallest absolute Gasteiger partial charge is 0.305 e. The van der Waals surface area contributed by atoms with Crippen molar-refractivity contribution in [3.05, 3.63) is 34.1 Å². The van der Waals surface area contributed by atoms with E-state index in [0.29, 0.717) is 11.7 Å². The Morgan fingerprint density at radius 1 is 1.60 bits per heavy atom. The van der Waals surface area contributed by atoms with Crippen LogP contribution in [0, 0.1) is 15.9 Å². The SMILES string of the molecule is O=C(COc1ccc([N+](=O)[O-])c(F)c1)NC1=NCCS1. The highest BCUT2D eigenvalue weighted by Crippen LogP contribution is 2.22. The number of thioether (sulfide) groups is 1. The Morgan fingerprint density at radius 3 is 3.00 bits per heavy atom. The van der Waals surface area contributed by atoms with Gasteiger partial charge in [0.2, 0.25) is 5.82 Å². The second-order valence-corrected chi connectivity index (χ2v) is 4.83. The summed E-state index contributed by atoms with van der Waals surface area (Å²) in [5, 5.41) is 13.5. The molecule has 1 N–H and O–H groups in total. The average molecular weight is 299 g/mol. The standard InChI is InChI=1S/C11H10FN3O4S/c12-8-5-7(1-2-9(8)15(17)18)19-6-10(16)14-11-13-3-4-20-11/h1-2,5H,3-4,6H2,(H,13,14,16). The molecule has 0 radical (unpaired) electrons. The van der Waals surface area contributed by atoms with E-state index in [0.717, 1.165) is 17.9 Å². The number of carbonyl (C=O) groups is 1. The molecule has 1 aromatic rings. The number of halogens is 1. The Labute approximate surface area is 117 Å². The summed E-state index contributed by atoms with van der Waals surface area (Å²) >= 11 is 1.43. The summed E-state index contributed by atoms with van der Waals surface area (Å²) < 4.78 is 18.4. The van der Waals surface area contributed by atoms with Gasteiger partial charge in [0.25, 0.3) is 5.91 Å². The predicted molar refractivity (Wildman–Crippen MR) is 71.5 cm³/mol. The van der Waals surface area contributed by atoms with E-state index < -0.39 is 22.3 Å². The second kappa shape index (κ2) is 6.33. The quantitative estimate of drug-likeness (QED) is 0.668. The third kappa shape index (κ3) is 3.67. The van der Waals surface area contributed by atoms with E-state index in [2.05, 4.69) is 10.3 Å². The highest BCUT2D eigenvalue weighted by Gasteiger charge is 2.15. The van der Waals surface area contributed by atoms with Gasteiger partial charge in [0, 0.05) is 17.9 Å². The van der Waals surface area contributed by atoms with Crippen molar-refractivity contribution >= 4 is 28.5 Å². The Kier molecular flexibility index (Phi) is 4.51. The minimum atomic E-state index is -1.01. The molecule has 7 nitrogen and oxygen atoms in total. The minimum absolute atomic E-state index is 0.0456. The molecule has 2 rings (SSSR count). The van der Waals surface area contributed by atoms with Gasteiger partial charge >= 0.3 is 5.69 Å². The van der Waals surface area contributed by atoms with Crippen molar-refractivity contribution in [3.63, 3.8) is 0 Å². The number of hydrogen-bond acceptors (Lipinski definition) is 6. The molecule has 0 aliphatic carbocycles. The molecule has 0 atom stereocenters. The number of aliphatic imine (C=N–C) groups is 1. The topological polar surface area (TPSA) is 93.8 Å². The van der Waals surface area contributed by atoms with E-state index in [1.807, 2.05) is 0 Å². The highest BCUT2D eigenvalue weighted by atomic mass is 32.2. The van der Waals surface area contributed by atoms with Crippen LogP contribution in [0.1, 0.15) is 0 Å². The fourth-order valence-corrected chi connectivity index (χ4v) is 2.18. The third-order valence-electron chi connectivity index (χ3n) is 2.32. The summed E-state index contributed by atoms with van der Waals surface area (Å²) in [6.45, 7) is 0.339. The van der Waals surface area contributed by atoms with Crippen LogP contribution < -0.4 is 10.1 Å². The lowest BCUT2D eigenvalue weighted by molar-refractivity contribution is -0.387. The zero-order valence-electron chi connectivity index (χ0n) is 10.2. The summed E-state index contributed by atoms with van der Waals surface area (Å²) in [6.07, 6.45) is 0. The van der Waals surface area contributed by atoms with Crippen LogP contribution in [0.5, 0.6) is 5.75 Å². The van der Waals surface area contributed by atoms with Crippen molar-refractivity contribution in [2.45, 2.75) is 0 Å². The summed E-state index contributed by atoms with van der Waals surface area (Å²) in [5.41, 5.74) is -0.640. The molecule has 0 saturated heterocycles. The van der Waals surface area contributed by atoms with Crippen LogP contribution in [0.25, 0.3) is 0 Å². The number of nitro benzene ring substituents is 1. The van der Waals surface area contributed by atoms with Crippen LogP contribution >= 0.6 is 11.8 Å². The highest BCUT2D eigenvalue weighted by molar-refractivity contribution is 8.14. The molecule has 0 fully saturated rings. The molecule has 0 aromatic heterocycles. The molecular formula is C11H10FN3O4S. The predicted octanol–water partition coefficient (Wildman–Crippen LogP) is 1.33.